The molecule has 3 nitrogen and oxygen atoms in total. The molecular formula is C17H18F3NO2. The fourth-order valence-corrected chi connectivity index (χ4v) is 3.46. The molecule has 124 valence electrons. The molecule has 3 rings (SSSR count). The molecule has 1 aliphatic rings. The number of alkyl halides is 3. The van der Waals surface area contributed by atoms with E-state index < -0.39 is 17.4 Å². The molecular weight excluding hydrogens is 307 g/mol. The number of anilines is 1. The Morgan fingerprint density at radius 3 is 2.52 bits per heavy atom. The normalized spacial score (nSPS) is 20.7. The van der Waals surface area contributed by atoms with E-state index in [0.29, 0.717) is 6.07 Å². The molecule has 1 atom stereocenters. The molecule has 0 saturated heterocycles. The van der Waals surface area contributed by atoms with Gasteiger partial charge >= 0.3 is 11.8 Å². The number of hydrogen-bond donors (Lipinski definition) is 0. The summed E-state index contributed by atoms with van der Waals surface area (Å²) in [5.74, 6) is 0.119. The van der Waals surface area contributed by atoms with Crippen LogP contribution < -0.4 is 10.5 Å². The smallest absolute Gasteiger partial charge is 0.417 e. The van der Waals surface area contributed by atoms with Gasteiger partial charge in [-0.3, -0.25) is 0 Å². The molecule has 6 heteroatoms. The largest absolute Gasteiger partial charge is 0.423 e. The second-order valence-electron chi connectivity index (χ2n) is 6.86. The second-order valence-corrected chi connectivity index (χ2v) is 6.86. The minimum atomic E-state index is -4.59. The van der Waals surface area contributed by atoms with E-state index >= 15 is 0 Å². The molecule has 0 N–H and O–H groups in total. The van der Waals surface area contributed by atoms with Gasteiger partial charge in [0.2, 0.25) is 0 Å². The zero-order valence-corrected chi connectivity index (χ0v) is 13.4. The molecule has 0 spiro atoms. The van der Waals surface area contributed by atoms with Gasteiger partial charge in [-0.1, -0.05) is 6.92 Å². The standard InChI is InChI=1S/C17H18F3NO2/c1-9-8-16(2,3)21(4)13-7-14-11(5-10(9)13)12(17(18,19)20)6-15(22)23-14/h5-7,9H,8H2,1-4H3/t9-/m0/s1. The molecule has 1 aliphatic heterocycles. The Kier molecular flexibility index (Phi) is 3.29. The van der Waals surface area contributed by atoms with Crippen molar-refractivity contribution < 1.29 is 17.6 Å². The predicted molar refractivity (Wildman–Crippen MR) is 83.0 cm³/mol. The number of rotatable bonds is 0. The van der Waals surface area contributed by atoms with E-state index in [9.17, 15) is 18.0 Å². The predicted octanol–water partition coefficient (Wildman–Crippen LogP) is 4.53. The van der Waals surface area contributed by atoms with Crippen molar-refractivity contribution in [3.8, 4) is 0 Å². The van der Waals surface area contributed by atoms with Gasteiger partial charge in [0.25, 0.3) is 0 Å². The van der Waals surface area contributed by atoms with Crippen LogP contribution in [0.15, 0.2) is 27.4 Å². The number of benzene rings is 1. The highest BCUT2D eigenvalue weighted by molar-refractivity contribution is 5.86. The van der Waals surface area contributed by atoms with Gasteiger partial charge in [0.15, 0.2) is 0 Å². The second kappa shape index (κ2) is 4.76. The highest BCUT2D eigenvalue weighted by Crippen LogP contribution is 2.45. The van der Waals surface area contributed by atoms with Gasteiger partial charge in [0.05, 0.1) is 5.56 Å². The Balaban J connectivity index is 2.36. The molecule has 0 radical (unpaired) electrons. The van der Waals surface area contributed by atoms with E-state index in [1.165, 1.54) is 6.07 Å². The van der Waals surface area contributed by atoms with Crippen molar-refractivity contribution in [3.05, 3.63) is 39.7 Å². The van der Waals surface area contributed by atoms with E-state index in [1.54, 1.807) is 6.07 Å². The van der Waals surface area contributed by atoms with E-state index in [1.807, 2.05) is 18.9 Å². The summed E-state index contributed by atoms with van der Waals surface area (Å²) in [4.78, 5) is 13.5. The van der Waals surface area contributed by atoms with E-state index in [0.717, 1.165) is 17.7 Å². The summed E-state index contributed by atoms with van der Waals surface area (Å²) in [6, 6.07) is 3.60. The zero-order valence-electron chi connectivity index (χ0n) is 13.4. The third kappa shape index (κ3) is 2.50. The van der Waals surface area contributed by atoms with Crippen LogP contribution in [-0.4, -0.2) is 12.6 Å². The monoisotopic (exact) mass is 325 g/mol. The molecule has 0 bridgehead atoms. The Morgan fingerprint density at radius 2 is 1.91 bits per heavy atom. The summed E-state index contributed by atoms with van der Waals surface area (Å²) in [5.41, 5.74) is -0.424. The lowest BCUT2D eigenvalue weighted by atomic mass is 9.80. The molecule has 0 aliphatic carbocycles. The first kappa shape index (κ1) is 15.9. The molecule has 2 heterocycles. The average molecular weight is 325 g/mol. The van der Waals surface area contributed by atoms with Crippen molar-refractivity contribution in [2.24, 2.45) is 0 Å². The lowest BCUT2D eigenvalue weighted by Crippen LogP contribution is -2.45. The molecule has 1 aromatic heterocycles. The number of halogens is 3. The minimum Gasteiger partial charge on any atom is -0.423 e. The van der Waals surface area contributed by atoms with Gasteiger partial charge in [-0.05, 0) is 37.8 Å². The van der Waals surface area contributed by atoms with Gasteiger partial charge in [-0.25, -0.2) is 4.79 Å². The van der Waals surface area contributed by atoms with Gasteiger partial charge < -0.3 is 9.32 Å². The molecule has 1 aromatic carbocycles. The highest BCUT2D eigenvalue weighted by atomic mass is 19.4. The van der Waals surface area contributed by atoms with Crippen molar-refractivity contribution >= 4 is 16.7 Å². The first-order valence-corrected chi connectivity index (χ1v) is 7.43. The van der Waals surface area contributed by atoms with Crippen LogP contribution in [0, 0.1) is 0 Å². The fraction of sp³-hybridized carbons (Fsp3) is 0.471. The van der Waals surface area contributed by atoms with Crippen molar-refractivity contribution in [1.29, 1.82) is 0 Å². The van der Waals surface area contributed by atoms with Gasteiger partial charge in [0, 0.05) is 35.8 Å². The number of fused-ring (bicyclic) bond motifs is 2. The first-order chi connectivity index (χ1) is 10.5. The summed E-state index contributed by atoms with van der Waals surface area (Å²) in [5, 5.41) is -0.0594. The minimum absolute atomic E-state index is 0.0275. The van der Waals surface area contributed by atoms with Crippen LogP contribution in [0.1, 0.15) is 44.2 Å². The fourth-order valence-electron chi connectivity index (χ4n) is 3.46. The van der Waals surface area contributed by atoms with E-state index in [4.69, 9.17) is 4.42 Å². The Bertz CT molecular complexity index is 836. The summed E-state index contributed by atoms with van der Waals surface area (Å²) in [6.45, 7) is 6.17. The maximum atomic E-state index is 13.2. The van der Waals surface area contributed by atoms with Gasteiger partial charge in [-0.15, -0.1) is 0 Å². The topological polar surface area (TPSA) is 33.5 Å². The molecule has 23 heavy (non-hydrogen) atoms. The number of nitrogens with zero attached hydrogens (tertiary/aromatic N) is 1. The maximum Gasteiger partial charge on any atom is 0.417 e. The summed E-state index contributed by atoms with van der Waals surface area (Å²) >= 11 is 0. The molecule has 0 saturated carbocycles. The van der Waals surface area contributed by atoms with E-state index in [-0.39, 0.29) is 22.4 Å². The van der Waals surface area contributed by atoms with Crippen LogP contribution in [0.4, 0.5) is 18.9 Å². The summed E-state index contributed by atoms with van der Waals surface area (Å²) in [6.07, 6.45) is -3.76. The van der Waals surface area contributed by atoms with Crippen LogP contribution in [0.3, 0.4) is 0 Å². The zero-order chi connectivity index (χ0) is 17.2. The Morgan fingerprint density at radius 1 is 1.26 bits per heavy atom. The number of hydrogen-bond acceptors (Lipinski definition) is 3. The quantitative estimate of drug-likeness (QED) is 0.667. The molecule has 2 aromatic rings. The maximum absolute atomic E-state index is 13.2. The van der Waals surface area contributed by atoms with Crippen LogP contribution in [0.25, 0.3) is 11.0 Å². The van der Waals surface area contributed by atoms with Crippen LogP contribution in [0.2, 0.25) is 0 Å². The lowest BCUT2D eigenvalue weighted by molar-refractivity contribution is -0.136. The third-order valence-corrected chi connectivity index (χ3v) is 4.80. The summed E-state index contributed by atoms with van der Waals surface area (Å²) in [7, 11) is 1.91. The first-order valence-electron chi connectivity index (χ1n) is 7.43. The lowest BCUT2D eigenvalue weighted by Gasteiger charge is -2.45. The van der Waals surface area contributed by atoms with Crippen molar-refractivity contribution in [1.82, 2.24) is 0 Å². The third-order valence-electron chi connectivity index (χ3n) is 4.80. The van der Waals surface area contributed by atoms with Crippen molar-refractivity contribution in [3.63, 3.8) is 0 Å². The van der Waals surface area contributed by atoms with Crippen molar-refractivity contribution in [2.75, 3.05) is 11.9 Å². The van der Waals surface area contributed by atoms with E-state index in [2.05, 4.69) is 13.8 Å². The average Bonchev–Trinajstić information content (AvgIpc) is 2.41. The van der Waals surface area contributed by atoms with Crippen LogP contribution >= 0.6 is 0 Å². The van der Waals surface area contributed by atoms with Gasteiger partial charge in [0.1, 0.15) is 5.58 Å². The Hall–Kier alpha value is -1.98. The van der Waals surface area contributed by atoms with Crippen LogP contribution in [0.5, 0.6) is 0 Å². The highest BCUT2D eigenvalue weighted by Gasteiger charge is 2.37. The molecule has 0 amide bonds. The Labute approximate surface area is 131 Å². The molecule has 0 fully saturated rings. The van der Waals surface area contributed by atoms with Crippen molar-refractivity contribution in [2.45, 2.75) is 44.8 Å². The van der Waals surface area contributed by atoms with Crippen LogP contribution in [-0.2, 0) is 6.18 Å². The van der Waals surface area contributed by atoms with Gasteiger partial charge in [-0.2, -0.15) is 13.2 Å². The summed E-state index contributed by atoms with van der Waals surface area (Å²) < 4.78 is 44.7. The SMILES string of the molecule is C[C@H]1CC(C)(C)N(C)c2cc3oc(=O)cc(C(F)(F)F)c3cc21. The molecule has 0 unspecified atom stereocenters.